The summed E-state index contributed by atoms with van der Waals surface area (Å²) in [5, 5.41) is 10.1. The van der Waals surface area contributed by atoms with Crippen molar-refractivity contribution < 1.29 is 14.7 Å². The molecule has 0 spiro atoms. The predicted octanol–water partition coefficient (Wildman–Crippen LogP) is 0.974. The van der Waals surface area contributed by atoms with Gasteiger partial charge in [0.25, 0.3) is 0 Å². The van der Waals surface area contributed by atoms with Gasteiger partial charge in [0.2, 0.25) is 5.91 Å². The number of amides is 1. The fourth-order valence-electron chi connectivity index (χ4n) is 0.936. The van der Waals surface area contributed by atoms with E-state index in [4.69, 9.17) is 5.11 Å². The van der Waals surface area contributed by atoms with Gasteiger partial charge in [-0.1, -0.05) is 6.92 Å². The van der Waals surface area contributed by atoms with Crippen molar-refractivity contribution >= 4 is 37.1 Å². The molecule has 2 atom stereocenters. The highest BCUT2D eigenvalue weighted by atomic mass is 32.1. The first-order valence-corrected chi connectivity index (χ1v) is 5.89. The molecule has 6 heteroatoms. The number of thiol groups is 2. The van der Waals surface area contributed by atoms with E-state index >= 15 is 0 Å². The van der Waals surface area contributed by atoms with Gasteiger partial charge in [0.1, 0.15) is 0 Å². The molecule has 0 fully saturated rings. The molecule has 4 nitrogen and oxygen atoms in total. The maximum Gasteiger partial charge on any atom is 0.316 e. The molecule has 0 aliphatic rings. The Morgan fingerprint density at radius 1 is 1.27 bits per heavy atom. The first kappa shape index (κ1) is 14.6. The van der Waals surface area contributed by atoms with Crippen LogP contribution in [0.5, 0.6) is 0 Å². The maximum atomic E-state index is 11.3. The van der Waals surface area contributed by atoms with E-state index in [0.29, 0.717) is 19.4 Å². The van der Waals surface area contributed by atoms with Gasteiger partial charge in [0.05, 0.1) is 10.5 Å². The van der Waals surface area contributed by atoms with Gasteiger partial charge in [0.15, 0.2) is 0 Å². The van der Waals surface area contributed by atoms with Gasteiger partial charge < -0.3 is 10.4 Å². The average molecular weight is 251 g/mol. The van der Waals surface area contributed by atoms with Gasteiger partial charge in [-0.2, -0.15) is 25.3 Å². The lowest BCUT2D eigenvalue weighted by atomic mass is 10.1. The Hall–Kier alpha value is -0.360. The van der Waals surface area contributed by atoms with E-state index in [1.54, 1.807) is 0 Å². The van der Waals surface area contributed by atoms with Crippen molar-refractivity contribution in [1.29, 1.82) is 0 Å². The molecule has 1 amide bonds. The normalized spacial score (nSPS) is 14.3. The quantitative estimate of drug-likeness (QED) is 0.510. The van der Waals surface area contributed by atoms with Gasteiger partial charge >= 0.3 is 5.97 Å². The van der Waals surface area contributed by atoms with Crippen LogP contribution in [-0.2, 0) is 9.59 Å². The molecule has 0 heterocycles. The van der Waals surface area contributed by atoms with Crippen molar-refractivity contribution in [3.05, 3.63) is 0 Å². The minimum Gasteiger partial charge on any atom is -0.480 e. The SMILES string of the molecule is CCCNC(=O)C(S)CCC(S)C(=O)O. The molecule has 0 saturated carbocycles. The van der Waals surface area contributed by atoms with Gasteiger partial charge in [-0.05, 0) is 19.3 Å². The molecule has 0 aromatic rings. The lowest BCUT2D eigenvalue weighted by molar-refractivity contribution is -0.136. The fraction of sp³-hybridized carbons (Fsp3) is 0.778. The summed E-state index contributed by atoms with van der Waals surface area (Å²) in [6.07, 6.45) is 1.63. The Bertz CT molecular complexity index is 223. The van der Waals surface area contributed by atoms with Gasteiger partial charge in [0, 0.05) is 6.54 Å². The number of carbonyl (C=O) groups excluding carboxylic acids is 1. The van der Waals surface area contributed by atoms with Crippen LogP contribution in [0.2, 0.25) is 0 Å². The summed E-state index contributed by atoms with van der Waals surface area (Å²) in [4.78, 5) is 21.8. The van der Waals surface area contributed by atoms with E-state index in [2.05, 4.69) is 30.6 Å². The molecule has 0 rings (SSSR count). The lowest BCUT2D eigenvalue weighted by Gasteiger charge is -2.12. The highest BCUT2D eigenvalue weighted by molar-refractivity contribution is 7.82. The topological polar surface area (TPSA) is 66.4 Å². The molecule has 2 N–H and O–H groups in total. The molecule has 0 bridgehead atoms. The Balaban J connectivity index is 3.77. The Labute approximate surface area is 101 Å². The Morgan fingerprint density at radius 3 is 2.27 bits per heavy atom. The van der Waals surface area contributed by atoms with Crippen molar-refractivity contribution in [3.8, 4) is 0 Å². The molecule has 0 aromatic carbocycles. The van der Waals surface area contributed by atoms with Gasteiger partial charge in [-0.15, -0.1) is 0 Å². The Morgan fingerprint density at radius 2 is 1.80 bits per heavy atom. The minimum absolute atomic E-state index is 0.147. The first-order chi connectivity index (χ1) is 6.99. The van der Waals surface area contributed by atoms with Gasteiger partial charge in [-0.3, -0.25) is 9.59 Å². The van der Waals surface area contributed by atoms with E-state index in [1.807, 2.05) is 6.92 Å². The fourth-order valence-corrected chi connectivity index (χ4v) is 1.33. The maximum absolute atomic E-state index is 11.3. The summed E-state index contributed by atoms with van der Waals surface area (Å²) in [5.41, 5.74) is 0. The summed E-state index contributed by atoms with van der Waals surface area (Å²) in [5.74, 6) is -1.11. The number of carbonyl (C=O) groups is 2. The van der Waals surface area contributed by atoms with E-state index in [1.165, 1.54) is 0 Å². The molecule has 0 aromatic heterocycles. The van der Waals surface area contributed by atoms with Crippen LogP contribution in [0, 0.1) is 0 Å². The molecule has 88 valence electrons. The third-order valence-electron chi connectivity index (χ3n) is 1.85. The van der Waals surface area contributed by atoms with Crippen molar-refractivity contribution in [2.24, 2.45) is 0 Å². The molecular formula is C9H17NO3S2. The number of nitrogens with one attached hydrogen (secondary N) is 1. The molecule has 2 unspecified atom stereocenters. The second-order valence-corrected chi connectivity index (χ2v) is 4.48. The van der Waals surface area contributed by atoms with Crippen LogP contribution in [0.15, 0.2) is 0 Å². The number of hydrogen-bond donors (Lipinski definition) is 4. The molecule has 0 radical (unpaired) electrons. The standard InChI is InChI=1S/C9H17NO3S2/c1-2-5-10-8(11)6(14)3-4-7(15)9(12)13/h6-7,14-15H,2-5H2,1H3,(H,10,11)(H,12,13). The first-order valence-electron chi connectivity index (χ1n) is 4.85. The second-order valence-electron chi connectivity index (χ2n) is 3.24. The number of carboxylic acids is 1. The van der Waals surface area contributed by atoms with Crippen molar-refractivity contribution in [3.63, 3.8) is 0 Å². The van der Waals surface area contributed by atoms with E-state index < -0.39 is 16.5 Å². The summed E-state index contributed by atoms with van der Waals surface area (Å²) in [7, 11) is 0. The molecular weight excluding hydrogens is 234 g/mol. The van der Waals surface area contributed by atoms with E-state index in [9.17, 15) is 9.59 Å². The van der Waals surface area contributed by atoms with Crippen LogP contribution in [-0.4, -0.2) is 34.0 Å². The molecule has 0 saturated heterocycles. The predicted molar refractivity (Wildman–Crippen MR) is 65.7 cm³/mol. The molecule has 15 heavy (non-hydrogen) atoms. The number of hydrogen-bond acceptors (Lipinski definition) is 4. The van der Waals surface area contributed by atoms with Gasteiger partial charge in [-0.25, -0.2) is 0 Å². The van der Waals surface area contributed by atoms with Crippen LogP contribution < -0.4 is 5.32 Å². The lowest BCUT2D eigenvalue weighted by Crippen LogP contribution is -2.32. The summed E-state index contributed by atoms with van der Waals surface area (Å²) >= 11 is 7.98. The summed E-state index contributed by atoms with van der Waals surface area (Å²) < 4.78 is 0. The zero-order valence-electron chi connectivity index (χ0n) is 8.64. The smallest absolute Gasteiger partial charge is 0.316 e. The third kappa shape index (κ3) is 6.67. The molecule has 0 aliphatic heterocycles. The molecule has 0 aliphatic carbocycles. The zero-order valence-corrected chi connectivity index (χ0v) is 10.4. The van der Waals surface area contributed by atoms with Crippen LogP contribution in [0.1, 0.15) is 26.2 Å². The number of rotatable bonds is 7. The van der Waals surface area contributed by atoms with Crippen LogP contribution in [0.4, 0.5) is 0 Å². The number of carboxylic acid groups (broad SMARTS) is 1. The second kappa shape index (κ2) is 7.87. The largest absolute Gasteiger partial charge is 0.480 e. The average Bonchev–Trinajstić information content (AvgIpc) is 2.21. The summed E-state index contributed by atoms with van der Waals surface area (Å²) in [6.45, 7) is 2.58. The minimum atomic E-state index is -0.965. The highest BCUT2D eigenvalue weighted by Gasteiger charge is 2.17. The number of aliphatic carboxylic acids is 1. The van der Waals surface area contributed by atoms with Crippen molar-refractivity contribution in [2.45, 2.75) is 36.7 Å². The van der Waals surface area contributed by atoms with Crippen LogP contribution in [0.25, 0.3) is 0 Å². The third-order valence-corrected chi connectivity index (χ3v) is 2.82. The zero-order chi connectivity index (χ0) is 11.8. The van der Waals surface area contributed by atoms with E-state index in [0.717, 1.165) is 6.42 Å². The highest BCUT2D eigenvalue weighted by Crippen LogP contribution is 2.11. The van der Waals surface area contributed by atoms with Crippen LogP contribution in [0.3, 0.4) is 0 Å². The monoisotopic (exact) mass is 251 g/mol. The summed E-state index contributed by atoms with van der Waals surface area (Å²) in [6, 6.07) is 0. The van der Waals surface area contributed by atoms with Crippen LogP contribution >= 0.6 is 25.3 Å². The Kier molecular flexibility index (Phi) is 7.68. The van der Waals surface area contributed by atoms with Crippen molar-refractivity contribution in [2.75, 3.05) is 6.54 Å². The van der Waals surface area contributed by atoms with E-state index in [-0.39, 0.29) is 5.91 Å². The van der Waals surface area contributed by atoms with Crippen molar-refractivity contribution in [1.82, 2.24) is 5.32 Å².